The lowest BCUT2D eigenvalue weighted by molar-refractivity contribution is 0.133. The van der Waals surface area contributed by atoms with Crippen molar-refractivity contribution in [2.24, 2.45) is 0 Å². The second-order valence-corrected chi connectivity index (χ2v) is 6.22. The molecule has 3 rings (SSSR count). The van der Waals surface area contributed by atoms with Gasteiger partial charge < -0.3 is 10.2 Å². The highest BCUT2D eigenvalue weighted by molar-refractivity contribution is 5.50. The van der Waals surface area contributed by atoms with E-state index in [1.165, 1.54) is 32.4 Å². The van der Waals surface area contributed by atoms with Gasteiger partial charge in [0.15, 0.2) is 0 Å². The highest BCUT2D eigenvalue weighted by atomic mass is 15.3. The van der Waals surface area contributed by atoms with Gasteiger partial charge in [0.25, 0.3) is 0 Å². The molecule has 1 N–H and O–H groups in total. The third-order valence-electron chi connectivity index (χ3n) is 4.54. The first-order valence-corrected chi connectivity index (χ1v) is 8.35. The SMILES string of the molecule is CCCNc1cc(N2CCN3CCCCC3C2)nc(C)n1. The van der Waals surface area contributed by atoms with Crippen LogP contribution in [0.3, 0.4) is 0 Å². The molecule has 0 aromatic carbocycles. The Hall–Kier alpha value is -1.36. The van der Waals surface area contributed by atoms with E-state index in [0.717, 1.165) is 49.6 Å². The molecule has 1 unspecified atom stereocenters. The van der Waals surface area contributed by atoms with Crippen molar-refractivity contribution in [2.75, 3.05) is 42.9 Å². The van der Waals surface area contributed by atoms with E-state index in [2.05, 4.69) is 38.1 Å². The van der Waals surface area contributed by atoms with Gasteiger partial charge in [0.2, 0.25) is 0 Å². The van der Waals surface area contributed by atoms with E-state index in [1.54, 1.807) is 0 Å². The number of piperazine rings is 1. The van der Waals surface area contributed by atoms with Crippen LogP contribution in [0, 0.1) is 6.92 Å². The minimum absolute atomic E-state index is 0.717. The predicted molar refractivity (Wildman–Crippen MR) is 87.0 cm³/mol. The zero-order valence-electron chi connectivity index (χ0n) is 13.3. The topological polar surface area (TPSA) is 44.3 Å². The highest BCUT2D eigenvalue weighted by Gasteiger charge is 2.29. The van der Waals surface area contributed by atoms with Crippen molar-refractivity contribution in [3.8, 4) is 0 Å². The molecular weight excluding hydrogens is 262 g/mol. The van der Waals surface area contributed by atoms with Crippen LogP contribution in [0.2, 0.25) is 0 Å². The van der Waals surface area contributed by atoms with Gasteiger partial charge in [-0.15, -0.1) is 0 Å². The van der Waals surface area contributed by atoms with Crippen LogP contribution in [-0.4, -0.2) is 53.6 Å². The largest absolute Gasteiger partial charge is 0.370 e. The number of aryl methyl sites for hydroxylation is 1. The average Bonchev–Trinajstić information content (AvgIpc) is 2.52. The summed E-state index contributed by atoms with van der Waals surface area (Å²) in [6.45, 7) is 9.77. The molecule has 2 saturated heterocycles. The Balaban J connectivity index is 1.72. The van der Waals surface area contributed by atoms with Crippen molar-refractivity contribution in [1.82, 2.24) is 14.9 Å². The summed E-state index contributed by atoms with van der Waals surface area (Å²) >= 11 is 0. The second-order valence-electron chi connectivity index (χ2n) is 6.22. The molecule has 0 aliphatic carbocycles. The normalized spacial score (nSPS) is 23.0. The van der Waals surface area contributed by atoms with Gasteiger partial charge in [0, 0.05) is 38.3 Å². The summed E-state index contributed by atoms with van der Waals surface area (Å²) in [7, 11) is 0. The number of nitrogens with zero attached hydrogens (tertiary/aromatic N) is 4. The molecule has 0 bridgehead atoms. The lowest BCUT2D eigenvalue weighted by Gasteiger charge is -2.44. The van der Waals surface area contributed by atoms with E-state index in [4.69, 9.17) is 0 Å². The summed E-state index contributed by atoms with van der Waals surface area (Å²) in [4.78, 5) is 14.2. The number of anilines is 2. The van der Waals surface area contributed by atoms with Gasteiger partial charge in [0.1, 0.15) is 17.5 Å². The Labute approximate surface area is 127 Å². The maximum atomic E-state index is 4.66. The van der Waals surface area contributed by atoms with Gasteiger partial charge in [-0.25, -0.2) is 9.97 Å². The van der Waals surface area contributed by atoms with Gasteiger partial charge in [-0.2, -0.15) is 0 Å². The number of rotatable bonds is 4. The summed E-state index contributed by atoms with van der Waals surface area (Å²) in [5, 5.41) is 3.38. The van der Waals surface area contributed by atoms with E-state index >= 15 is 0 Å². The third kappa shape index (κ3) is 3.46. The Kier molecular flexibility index (Phi) is 4.58. The molecule has 3 heterocycles. The number of hydrogen-bond donors (Lipinski definition) is 1. The van der Waals surface area contributed by atoms with Crippen molar-refractivity contribution < 1.29 is 0 Å². The Morgan fingerprint density at radius 3 is 3.00 bits per heavy atom. The monoisotopic (exact) mass is 289 g/mol. The molecule has 1 atom stereocenters. The Morgan fingerprint density at radius 2 is 2.14 bits per heavy atom. The lowest BCUT2D eigenvalue weighted by atomic mass is 9.99. The Bertz CT molecular complexity index is 476. The molecule has 0 radical (unpaired) electrons. The van der Waals surface area contributed by atoms with Crippen LogP contribution >= 0.6 is 0 Å². The summed E-state index contributed by atoms with van der Waals surface area (Å²) < 4.78 is 0. The fourth-order valence-corrected chi connectivity index (χ4v) is 3.42. The molecule has 1 aromatic rings. The number of piperidine rings is 1. The molecule has 5 nitrogen and oxygen atoms in total. The van der Waals surface area contributed by atoms with Gasteiger partial charge in [-0.3, -0.25) is 4.90 Å². The van der Waals surface area contributed by atoms with Crippen LogP contribution in [-0.2, 0) is 0 Å². The second kappa shape index (κ2) is 6.60. The van der Waals surface area contributed by atoms with Crippen molar-refractivity contribution in [2.45, 2.75) is 45.6 Å². The Morgan fingerprint density at radius 1 is 1.24 bits per heavy atom. The summed E-state index contributed by atoms with van der Waals surface area (Å²) in [6.07, 6.45) is 5.19. The number of fused-ring (bicyclic) bond motifs is 1. The summed E-state index contributed by atoms with van der Waals surface area (Å²) in [5.74, 6) is 2.91. The molecule has 21 heavy (non-hydrogen) atoms. The molecule has 1 aromatic heterocycles. The van der Waals surface area contributed by atoms with Gasteiger partial charge >= 0.3 is 0 Å². The van der Waals surface area contributed by atoms with E-state index in [1.807, 2.05) is 6.92 Å². The van der Waals surface area contributed by atoms with Crippen LogP contribution in [0.15, 0.2) is 6.07 Å². The lowest BCUT2D eigenvalue weighted by Crippen LogP contribution is -2.55. The molecule has 2 aliphatic heterocycles. The summed E-state index contributed by atoms with van der Waals surface area (Å²) in [5.41, 5.74) is 0. The molecule has 116 valence electrons. The quantitative estimate of drug-likeness (QED) is 0.921. The third-order valence-corrected chi connectivity index (χ3v) is 4.54. The number of aromatic nitrogens is 2. The fourth-order valence-electron chi connectivity index (χ4n) is 3.42. The minimum atomic E-state index is 0.717. The molecule has 2 aliphatic rings. The molecule has 0 saturated carbocycles. The first-order valence-electron chi connectivity index (χ1n) is 8.35. The minimum Gasteiger partial charge on any atom is -0.370 e. The zero-order valence-corrected chi connectivity index (χ0v) is 13.3. The fraction of sp³-hybridized carbons (Fsp3) is 0.750. The predicted octanol–water partition coefficient (Wildman–Crippen LogP) is 2.28. The van der Waals surface area contributed by atoms with Gasteiger partial charge in [-0.1, -0.05) is 13.3 Å². The smallest absolute Gasteiger partial charge is 0.134 e. The van der Waals surface area contributed by atoms with Gasteiger partial charge in [0.05, 0.1) is 0 Å². The van der Waals surface area contributed by atoms with E-state index < -0.39 is 0 Å². The first kappa shape index (κ1) is 14.6. The number of nitrogens with one attached hydrogen (secondary N) is 1. The standard InChI is InChI=1S/C16H27N5/c1-3-7-17-15-11-16(19-13(2)18-15)21-10-9-20-8-5-4-6-14(20)12-21/h11,14H,3-10,12H2,1-2H3,(H,17,18,19). The maximum absolute atomic E-state index is 4.66. The molecular formula is C16H27N5. The van der Waals surface area contributed by atoms with Gasteiger partial charge in [-0.05, 0) is 32.7 Å². The van der Waals surface area contributed by atoms with E-state index in [9.17, 15) is 0 Å². The molecule has 5 heteroatoms. The maximum Gasteiger partial charge on any atom is 0.134 e. The average molecular weight is 289 g/mol. The van der Waals surface area contributed by atoms with Crippen LogP contribution in [0.25, 0.3) is 0 Å². The highest BCUT2D eigenvalue weighted by Crippen LogP contribution is 2.25. The van der Waals surface area contributed by atoms with Crippen LogP contribution in [0.4, 0.5) is 11.6 Å². The van der Waals surface area contributed by atoms with E-state index in [0.29, 0.717) is 0 Å². The first-order chi connectivity index (χ1) is 10.3. The van der Waals surface area contributed by atoms with Crippen molar-refractivity contribution in [3.05, 3.63) is 11.9 Å². The molecule has 0 spiro atoms. The summed E-state index contributed by atoms with van der Waals surface area (Å²) in [6, 6.07) is 2.83. The van der Waals surface area contributed by atoms with Crippen molar-refractivity contribution in [1.29, 1.82) is 0 Å². The van der Waals surface area contributed by atoms with Crippen molar-refractivity contribution in [3.63, 3.8) is 0 Å². The number of hydrogen-bond acceptors (Lipinski definition) is 5. The molecule has 2 fully saturated rings. The van der Waals surface area contributed by atoms with Crippen LogP contribution in [0.1, 0.15) is 38.4 Å². The van der Waals surface area contributed by atoms with E-state index in [-0.39, 0.29) is 0 Å². The van der Waals surface area contributed by atoms with Crippen LogP contribution in [0.5, 0.6) is 0 Å². The van der Waals surface area contributed by atoms with Crippen molar-refractivity contribution >= 4 is 11.6 Å². The van der Waals surface area contributed by atoms with Crippen LogP contribution < -0.4 is 10.2 Å². The molecule has 0 amide bonds. The zero-order chi connectivity index (χ0) is 14.7.